The number of carbonyl (C=O) groups excluding carboxylic acids is 1. The van der Waals surface area contributed by atoms with E-state index in [0.717, 1.165) is 41.0 Å². The maximum atomic E-state index is 12.9. The number of ether oxygens (including phenoxy) is 2. The number of carbonyl (C=O) groups is 1. The highest BCUT2D eigenvalue weighted by Gasteiger charge is 2.24. The van der Waals surface area contributed by atoms with Gasteiger partial charge in [-0.15, -0.1) is 10.2 Å². The SMILES string of the molecule is CCOc1ccc(-n2c(COc3ccc(Br)cc3)nnc2SCC(=O)N2CCCCC2C)cc1. The van der Waals surface area contributed by atoms with Crippen LogP contribution in [-0.2, 0) is 11.4 Å². The molecule has 1 amide bonds. The van der Waals surface area contributed by atoms with E-state index in [4.69, 9.17) is 9.47 Å². The van der Waals surface area contributed by atoms with Crippen LogP contribution < -0.4 is 9.47 Å². The Balaban J connectivity index is 1.53. The van der Waals surface area contributed by atoms with Gasteiger partial charge >= 0.3 is 0 Å². The number of thioether (sulfide) groups is 1. The largest absolute Gasteiger partial charge is 0.494 e. The minimum atomic E-state index is 0.145. The van der Waals surface area contributed by atoms with Gasteiger partial charge in [0.2, 0.25) is 5.91 Å². The summed E-state index contributed by atoms with van der Waals surface area (Å²) in [5.74, 6) is 2.68. The Morgan fingerprint density at radius 2 is 1.76 bits per heavy atom. The fourth-order valence-corrected chi connectivity index (χ4v) is 5.08. The number of nitrogens with zero attached hydrogens (tertiary/aromatic N) is 4. The van der Waals surface area contributed by atoms with Crippen molar-refractivity contribution in [3.8, 4) is 17.2 Å². The first-order valence-electron chi connectivity index (χ1n) is 11.5. The maximum absolute atomic E-state index is 12.9. The molecule has 4 rings (SSSR count). The van der Waals surface area contributed by atoms with Crippen LogP contribution in [0.2, 0.25) is 0 Å². The molecule has 7 nitrogen and oxygen atoms in total. The first kappa shape index (κ1) is 24.6. The van der Waals surface area contributed by atoms with Crippen molar-refractivity contribution in [1.82, 2.24) is 19.7 Å². The lowest BCUT2D eigenvalue weighted by molar-refractivity contribution is -0.131. The number of rotatable bonds is 9. The van der Waals surface area contributed by atoms with E-state index in [2.05, 4.69) is 33.1 Å². The second kappa shape index (κ2) is 11.8. The zero-order valence-electron chi connectivity index (χ0n) is 19.4. The van der Waals surface area contributed by atoms with Crippen molar-refractivity contribution in [2.24, 2.45) is 0 Å². The molecule has 1 aliphatic heterocycles. The van der Waals surface area contributed by atoms with Crippen LogP contribution in [0.25, 0.3) is 5.69 Å². The molecule has 34 heavy (non-hydrogen) atoms. The second-order valence-electron chi connectivity index (χ2n) is 8.12. The number of hydrogen-bond acceptors (Lipinski definition) is 6. The molecule has 1 aliphatic rings. The standard InChI is InChI=1S/C25H29BrN4O3S/c1-3-32-21-13-9-20(10-14-21)30-23(16-33-22-11-7-19(26)8-12-22)27-28-25(30)34-17-24(31)29-15-5-4-6-18(29)2/h7-14,18H,3-6,15-17H2,1-2H3. The molecule has 1 atom stereocenters. The molecule has 0 N–H and O–H groups in total. The summed E-state index contributed by atoms with van der Waals surface area (Å²) in [7, 11) is 0. The Hall–Kier alpha value is -2.52. The number of amides is 1. The summed E-state index contributed by atoms with van der Waals surface area (Å²) in [5.41, 5.74) is 0.893. The van der Waals surface area contributed by atoms with Crippen molar-refractivity contribution in [3.05, 3.63) is 58.8 Å². The second-order valence-corrected chi connectivity index (χ2v) is 9.98. The van der Waals surface area contributed by atoms with Gasteiger partial charge in [0.05, 0.1) is 12.4 Å². The lowest BCUT2D eigenvalue weighted by atomic mass is 10.0. The first-order chi connectivity index (χ1) is 16.5. The molecule has 1 saturated heterocycles. The fraction of sp³-hybridized carbons (Fsp3) is 0.400. The molecular weight excluding hydrogens is 516 g/mol. The molecule has 0 radical (unpaired) electrons. The van der Waals surface area contributed by atoms with Gasteiger partial charge in [-0.1, -0.05) is 27.7 Å². The summed E-state index contributed by atoms with van der Waals surface area (Å²) in [6, 6.07) is 15.7. The zero-order valence-corrected chi connectivity index (χ0v) is 21.8. The molecule has 3 aromatic rings. The number of piperidine rings is 1. The first-order valence-corrected chi connectivity index (χ1v) is 13.3. The van der Waals surface area contributed by atoms with Gasteiger partial charge in [-0.25, -0.2) is 0 Å². The predicted molar refractivity (Wildman–Crippen MR) is 137 cm³/mol. The van der Waals surface area contributed by atoms with Crippen LogP contribution in [0.4, 0.5) is 0 Å². The quantitative estimate of drug-likeness (QED) is 0.331. The van der Waals surface area contributed by atoms with Gasteiger partial charge in [0, 0.05) is 22.7 Å². The molecule has 0 bridgehead atoms. The number of hydrogen-bond donors (Lipinski definition) is 0. The van der Waals surface area contributed by atoms with Crippen LogP contribution in [-0.4, -0.2) is 50.5 Å². The summed E-state index contributed by atoms with van der Waals surface area (Å²) >= 11 is 4.85. The zero-order chi connectivity index (χ0) is 23.9. The van der Waals surface area contributed by atoms with Gasteiger partial charge in [-0.05, 0) is 81.6 Å². The lowest BCUT2D eigenvalue weighted by Gasteiger charge is -2.33. The minimum absolute atomic E-state index is 0.145. The smallest absolute Gasteiger partial charge is 0.233 e. The molecule has 1 aromatic heterocycles. The molecule has 0 saturated carbocycles. The number of halogens is 1. The predicted octanol–water partition coefficient (Wildman–Crippen LogP) is 5.50. The Labute approximate surface area is 213 Å². The fourth-order valence-electron chi connectivity index (χ4n) is 3.96. The summed E-state index contributed by atoms with van der Waals surface area (Å²) in [4.78, 5) is 14.9. The van der Waals surface area contributed by atoms with E-state index in [9.17, 15) is 4.79 Å². The van der Waals surface area contributed by atoms with Crippen molar-refractivity contribution < 1.29 is 14.3 Å². The van der Waals surface area contributed by atoms with Crippen molar-refractivity contribution in [1.29, 1.82) is 0 Å². The van der Waals surface area contributed by atoms with Crippen molar-refractivity contribution in [2.75, 3.05) is 18.9 Å². The van der Waals surface area contributed by atoms with Crippen LogP contribution >= 0.6 is 27.7 Å². The average Bonchev–Trinajstić information content (AvgIpc) is 3.26. The van der Waals surface area contributed by atoms with E-state index >= 15 is 0 Å². The van der Waals surface area contributed by atoms with E-state index in [1.54, 1.807) is 0 Å². The molecule has 180 valence electrons. The van der Waals surface area contributed by atoms with Gasteiger partial charge in [0.25, 0.3) is 0 Å². The van der Waals surface area contributed by atoms with E-state index < -0.39 is 0 Å². The topological polar surface area (TPSA) is 69.5 Å². The molecule has 0 spiro atoms. The van der Waals surface area contributed by atoms with E-state index in [1.807, 2.05) is 64.9 Å². The highest BCUT2D eigenvalue weighted by atomic mass is 79.9. The van der Waals surface area contributed by atoms with Crippen LogP contribution in [0.15, 0.2) is 58.2 Å². The van der Waals surface area contributed by atoms with Gasteiger partial charge in [0.15, 0.2) is 11.0 Å². The van der Waals surface area contributed by atoms with Gasteiger partial charge < -0.3 is 14.4 Å². The Kier molecular flexibility index (Phi) is 8.50. The Bertz CT molecular complexity index is 1090. The summed E-state index contributed by atoms with van der Waals surface area (Å²) < 4.78 is 14.5. The Morgan fingerprint density at radius 3 is 2.47 bits per heavy atom. The molecule has 0 aliphatic carbocycles. The molecule has 9 heteroatoms. The molecule has 1 unspecified atom stereocenters. The van der Waals surface area contributed by atoms with Crippen LogP contribution in [0.5, 0.6) is 11.5 Å². The highest BCUT2D eigenvalue weighted by molar-refractivity contribution is 9.10. The monoisotopic (exact) mass is 544 g/mol. The number of benzene rings is 2. The third kappa shape index (κ3) is 6.13. The summed E-state index contributed by atoms with van der Waals surface area (Å²) in [6.45, 7) is 5.77. The normalized spacial score (nSPS) is 15.9. The molecular formula is C25H29BrN4O3S. The van der Waals surface area contributed by atoms with Crippen LogP contribution in [0, 0.1) is 0 Å². The van der Waals surface area contributed by atoms with Crippen molar-refractivity contribution >= 4 is 33.6 Å². The van der Waals surface area contributed by atoms with E-state index in [-0.39, 0.29) is 12.5 Å². The van der Waals surface area contributed by atoms with Crippen LogP contribution in [0.3, 0.4) is 0 Å². The number of aromatic nitrogens is 3. The highest BCUT2D eigenvalue weighted by Crippen LogP contribution is 2.26. The molecule has 1 fully saturated rings. The maximum Gasteiger partial charge on any atom is 0.233 e. The van der Waals surface area contributed by atoms with E-state index in [1.165, 1.54) is 18.2 Å². The van der Waals surface area contributed by atoms with Crippen molar-refractivity contribution in [3.63, 3.8) is 0 Å². The summed E-state index contributed by atoms with van der Waals surface area (Å²) in [6.07, 6.45) is 3.32. The molecule has 2 heterocycles. The number of likely N-dealkylation sites (tertiary alicyclic amines) is 1. The van der Waals surface area contributed by atoms with Crippen LogP contribution in [0.1, 0.15) is 38.9 Å². The average molecular weight is 546 g/mol. The third-order valence-corrected chi connectivity index (χ3v) is 7.18. The van der Waals surface area contributed by atoms with Crippen molar-refractivity contribution in [2.45, 2.75) is 50.9 Å². The Morgan fingerprint density at radius 1 is 1.06 bits per heavy atom. The third-order valence-electron chi connectivity index (χ3n) is 5.74. The minimum Gasteiger partial charge on any atom is -0.494 e. The lowest BCUT2D eigenvalue weighted by Crippen LogP contribution is -2.42. The summed E-state index contributed by atoms with van der Waals surface area (Å²) in [5, 5.41) is 9.45. The molecule has 2 aromatic carbocycles. The van der Waals surface area contributed by atoms with Gasteiger partial charge in [0.1, 0.15) is 18.1 Å². The van der Waals surface area contributed by atoms with E-state index in [0.29, 0.717) is 29.4 Å². The van der Waals surface area contributed by atoms with Gasteiger partial charge in [-0.2, -0.15) is 0 Å². The van der Waals surface area contributed by atoms with Gasteiger partial charge in [-0.3, -0.25) is 9.36 Å².